The Bertz CT molecular complexity index is 860. The van der Waals surface area contributed by atoms with E-state index in [0.717, 1.165) is 49.4 Å². The SMILES string of the molecule is Cc1ccc(OCC(=O)N2CCN(c3cc(C)nc(N4CCOCC4)n3)CC2)cc1. The highest BCUT2D eigenvalue weighted by atomic mass is 16.5. The second kappa shape index (κ2) is 9.30. The lowest BCUT2D eigenvalue weighted by Gasteiger charge is -2.36. The summed E-state index contributed by atoms with van der Waals surface area (Å²) >= 11 is 0. The number of aryl methyl sites for hydroxylation is 2. The molecule has 2 fully saturated rings. The van der Waals surface area contributed by atoms with Gasteiger partial charge in [0, 0.05) is 51.0 Å². The van der Waals surface area contributed by atoms with Crippen molar-refractivity contribution in [3.8, 4) is 5.75 Å². The van der Waals surface area contributed by atoms with Crippen molar-refractivity contribution in [2.45, 2.75) is 13.8 Å². The number of morpholine rings is 1. The van der Waals surface area contributed by atoms with Crippen molar-refractivity contribution in [2.24, 2.45) is 0 Å². The molecule has 0 spiro atoms. The van der Waals surface area contributed by atoms with Crippen LogP contribution in [0.2, 0.25) is 0 Å². The Kier molecular flexibility index (Phi) is 6.32. The summed E-state index contributed by atoms with van der Waals surface area (Å²) in [5, 5.41) is 0. The predicted octanol–water partition coefficient (Wildman–Crippen LogP) is 1.66. The van der Waals surface area contributed by atoms with Crippen LogP contribution in [0.1, 0.15) is 11.3 Å². The number of aromatic nitrogens is 2. The number of amides is 1. The zero-order chi connectivity index (χ0) is 20.9. The van der Waals surface area contributed by atoms with Crippen LogP contribution in [-0.4, -0.2) is 79.9 Å². The molecule has 2 saturated heterocycles. The van der Waals surface area contributed by atoms with Gasteiger partial charge >= 0.3 is 0 Å². The average Bonchev–Trinajstić information content (AvgIpc) is 2.79. The molecule has 1 aromatic carbocycles. The van der Waals surface area contributed by atoms with Crippen molar-refractivity contribution in [1.29, 1.82) is 0 Å². The van der Waals surface area contributed by atoms with Gasteiger partial charge in [-0.1, -0.05) is 17.7 Å². The van der Waals surface area contributed by atoms with Crippen LogP contribution < -0.4 is 14.5 Å². The second-order valence-corrected chi connectivity index (χ2v) is 7.74. The largest absolute Gasteiger partial charge is 0.484 e. The first-order valence-corrected chi connectivity index (χ1v) is 10.5. The van der Waals surface area contributed by atoms with Gasteiger partial charge in [0.1, 0.15) is 11.6 Å². The second-order valence-electron chi connectivity index (χ2n) is 7.74. The quantitative estimate of drug-likeness (QED) is 0.741. The molecule has 0 unspecified atom stereocenters. The molecular formula is C22H29N5O3. The summed E-state index contributed by atoms with van der Waals surface area (Å²) in [6.07, 6.45) is 0. The fourth-order valence-electron chi connectivity index (χ4n) is 3.66. The van der Waals surface area contributed by atoms with Crippen molar-refractivity contribution in [1.82, 2.24) is 14.9 Å². The number of ether oxygens (including phenoxy) is 2. The minimum absolute atomic E-state index is 0.0168. The lowest BCUT2D eigenvalue weighted by Crippen LogP contribution is -2.50. The van der Waals surface area contributed by atoms with Gasteiger partial charge < -0.3 is 24.2 Å². The molecule has 30 heavy (non-hydrogen) atoms. The van der Waals surface area contributed by atoms with Gasteiger partial charge in [-0.3, -0.25) is 4.79 Å². The summed E-state index contributed by atoms with van der Waals surface area (Å²) in [5.74, 6) is 2.42. The highest BCUT2D eigenvalue weighted by Crippen LogP contribution is 2.20. The molecule has 1 aromatic heterocycles. The molecule has 160 valence electrons. The van der Waals surface area contributed by atoms with E-state index in [2.05, 4.69) is 14.8 Å². The Hall–Kier alpha value is -2.87. The maximum absolute atomic E-state index is 12.5. The molecule has 0 bridgehead atoms. The summed E-state index contributed by atoms with van der Waals surface area (Å²) in [4.78, 5) is 28.2. The fourth-order valence-corrected chi connectivity index (χ4v) is 3.66. The van der Waals surface area contributed by atoms with E-state index >= 15 is 0 Å². The molecule has 3 heterocycles. The fraction of sp³-hybridized carbons (Fsp3) is 0.500. The Morgan fingerprint density at radius 1 is 0.967 bits per heavy atom. The highest BCUT2D eigenvalue weighted by molar-refractivity contribution is 5.78. The van der Waals surface area contributed by atoms with Crippen LogP contribution in [0.25, 0.3) is 0 Å². The van der Waals surface area contributed by atoms with E-state index in [1.165, 1.54) is 5.56 Å². The molecule has 2 aliphatic heterocycles. The standard InChI is InChI=1S/C22H29N5O3/c1-17-3-5-19(6-4-17)30-16-21(28)26-9-7-25(8-10-26)20-15-18(2)23-22(24-20)27-11-13-29-14-12-27/h3-6,15H,7-14,16H2,1-2H3. The Labute approximate surface area is 177 Å². The highest BCUT2D eigenvalue weighted by Gasteiger charge is 2.24. The molecular weight excluding hydrogens is 382 g/mol. The number of rotatable bonds is 5. The number of piperazine rings is 1. The van der Waals surface area contributed by atoms with Gasteiger partial charge in [-0.15, -0.1) is 0 Å². The normalized spacial score (nSPS) is 17.2. The zero-order valence-corrected chi connectivity index (χ0v) is 17.7. The minimum Gasteiger partial charge on any atom is -0.484 e. The smallest absolute Gasteiger partial charge is 0.260 e. The summed E-state index contributed by atoms with van der Waals surface area (Å²) in [5.41, 5.74) is 2.12. The lowest BCUT2D eigenvalue weighted by atomic mass is 10.2. The minimum atomic E-state index is 0.0168. The lowest BCUT2D eigenvalue weighted by molar-refractivity contribution is -0.133. The van der Waals surface area contributed by atoms with Gasteiger partial charge in [0.25, 0.3) is 5.91 Å². The number of carbonyl (C=O) groups is 1. The van der Waals surface area contributed by atoms with Crippen LogP contribution in [0.15, 0.2) is 30.3 Å². The number of benzene rings is 1. The number of nitrogens with zero attached hydrogens (tertiary/aromatic N) is 5. The summed E-state index contributed by atoms with van der Waals surface area (Å²) in [6, 6.07) is 9.76. The Balaban J connectivity index is 1.32. The van der Waals surface area contributed by atoms with Crippen LogP contribution in [0.3, 0.4) is 0 Å². The Morgan fingerprint density at radius 2 is 1.67 bits per heavy atom. The van der Waals surface area contributed by atoms with Crippen LogP contribution in [-0.2, 0) is 9.53 Å². The predicted molar refractivity (Wildman–Crippen MR) is 115 cm³/mol. The monoisotopic (exact) mass is 411 g/mol. The van der Waals surface area contributed by atoms with E-state index in [1.807, 2.05) is 49.1 Å². The molecule has 8 heteroatoms. The van der Waals surface area contributed by atoms with Crippen molar-refractivity contribution < 1.29 is 14.3 Å². The Morgan fingerprint density at radius 3 is 2.37 bits per heavy atom. The first-order chi connectivity index (χ1) is 14.6. The van der Waals surface area contributed by atoms with E-state index in [0.29, 0.717) is 26.3 Å². The van der Waals surface area contributed by atoms with E-state index < -0.39 is 0 Å². The summed E-state index contributed by atoms with van der Waals surface area (Å²) in [7, 11) is 0. The van der Waals surface area contributed by atoms with Gasteiger partial charge in [0.2, 0.25) is 5.95 Å². The van der Waals surface area contributed by atoms with Crippen molar-refractivity contribution in [3.63, 3.8) is 0 Å². The van der Waals surface area contributed by atoms with Crippen LogP contribution in [0.5, 0.6) is 5.75 Å². The van der Waals surface area contributed by atoms with Crippen LogP contribution in [0.4, 0.5) is 11.8 Å². The van der Waals surface area contributed by atoms with Gasteiger partial charge in [0.05, 0.1) is 13.2 Å². The molecule has 1 amide bonds. The molecule has 0 radical (unpaired) electrons. The van der Waals surface area contributed by atoms with E-state index in [-0.39, 0.29) is 12.5 Å². The number of anilines is 2. The topological polar surface area (TPSA) is 71.0 Å². The maximum atomic E-state index is 12.5. The van der Waals surface area contributed by atoms with Gasteiger partial charge in [-0.05, 0) is 26.0 Å². The van der Waals surface area contributed by atoms with E-state index in [4.69, 9.17) is 14.5 Å². The third kappa shape index (κ3) is 4.99. The third-order valence-electron chi connectivity index (χ3n) is 5.46. The molecule has 8 nitrogen and oxygen atoms in total. The zero-order valence-electron chi connectivity index (χ0n) is 17.7. The third-order valence-corrected chi connectivity index (χ3v) is 5.46. The van der Waals surface area contributed by atoms with Crippen LogP contribution in [0, 0.1) is 13.8 Å². The molecule has 0 atom stereocenters. The van der Waals surface area contributed by atoms with E-state index in [1.54, 1.807) is 0 Å². The van der Waals surface area contributed by atoms with Crippen molar-refractivity contribution in [3.05, 3.63) is 41.6 Å². The van der Waals surface area contributed by atoms with Gasteiger partial charge in [-0.2, -0.15) is 4.98 Å². The summed E-state index contributed by atoms with van der Waals surface area (Å²) < 4.78 is 11.1. The number of carbonyl (C=O) groups excluding carboxylic acids is 1. The van der Waals surface area contributed by atoms with Gasteiger partial charge in [0.15, 0.2) is 6.61 Å². The molecule has 4 rings (SSSR count). The molecule has 2 aliphatic rings. The van der Waals surface area contributed by atoms with Gasteiger partial charge in [-0.25, -0.2) is 4.98 Å². The first kappa shape index (κ1) is 20.4. The molecule has 0 saturated carbocycles. The molecule has 0 aliphatic carbocycles. The average molecular weight is 412 g/mol. The maximum Gasteiger partial charge on any atom is 0.260 e. The van der Waals surface area contributed by atoms with E-state index in [9.17, 15) is 4.79 Å². The first-order valence-electron chi connectivity index (χ1n) is 10.5. The van der Waals surface area contributed by atoms with Crippen molar-refractivity contribution >= 4 is 17.7 Å². The number of hydrogen-bond donors (Lipinski definition) is 0. The summed E-state index contributed by atoms with van der Waals surface area (Å²) in [6.45, 7) is 9.93. The number of hydrogen-bond acceptors (Lipinski definition) is 7. The molecule has 2 aromatic rings. The molecule has 0 N–H and O–H groups in total. The van der Waals surface area contributed by atoms with Crippen molar-refractivity contribution in [2.75, 3.05) is 68.9 Å². The van der Waals surface area contributed by atoms with Crippen LogP contribution >= 0.6 is 0 Å².